The van der Waals surface area contributed by atoms with Crippen LogP contribution in [0, 0.1) is 0 Å². The van der Waals surface area contributed by atoms with Gasteiger partial charge in [-0.2, -0.15) is 0 Å². The number of ketones is 1. The molecule has 1 rings (SSSR count). The minimum Gasteiger partial charge on any atom is -0.382 e. The first-order valence-electron chi connectivity index (χ1n) is 3.84. The highest BCUT2D eigenvalue weighted by Gasteiger charge is 2.14. The molecule has 1 atom stereocenters. The Balaban J connectivity index is 2.65. The third kappa shape index (κ3) is 2.43. The molecule has 0 saturated carbocycles. The van der Waals surface area contributed by atoms with E-state index < -0.39 is 6.10 Å². The highest BCUT2D eigenvalue weighted by molar-refractivity contribution is 5.76. The molecule has 1 aromatic heterocycles. The Hall–Kier alpha value is -1.22. The monoisotopic (exact) mass is 166 g/mol. The van der Waals surface area contributed by atoms with Crippen molar-refractivity contribution < 1.29 is 14.9 Å². The Kier molecular flexibility index (Phi) is 2.94. The Labute approximate surface area is 71.1 Å². The van der Waals surface area contributed by atoms with E-state index in [1.165, 1.54) is 6.92 Å². The van der Waals surface area contributed by atoms with E-state index in [-0.39, 0.29) is 12.2 Å². The van der Waals surface area contributed by atoms with E-state index in [2.05, 4.69) is 4.98 Å². The molecule has 0 bridgehead atoms. The van der Waals surface area contributed by atoms with E-state index in [4.69, 9.17) is 0 Å². The number of hydrogen-bond acceptors (Lipinski definition) is 2. The number of carbonyl (C=O) groups excluding carboxylic acids is 1. The van der Waals surface area contributed by atoms with Crippen molar-refractivity contribution >= 4 is 5.78 Å². The molecular formula is C9H12NO2+. The van der Waals surface area contributed by atoms with Crippen LogP contribution >= 0.6 is 0 Å². The highest BCUT2D eigenvalue weighted by Crippen LogP contribution is 2.10. The molecule has 0 saturated heterocycles. The number of aliphatic hydroxyl groups is 1. The van der Waals surface area contributed by atoms with Crippen LogP contribution in [-0.4, -0.2) is 10.9 Å². The van der Waals surface area contributed by atoms with Crippen LogP contribution in [-0.2, 0) is 4.79 Å². The maximum atomic E-state index is 10.7. The van der Waals surface area contributed by atoms with Gasteiger partial charge in [-0.15, -0.1) is 0 Å². The lowest BCUT2D eigenvalue weighted by Gasteiger charge is -2.01. The summed E-state index contributed by atoms with van der Waals surface area (Å²) in [7, 11) is 0. The van der Waals surface area contributed by atoms with Crippen molar-refractivity contribution in [1.82, 2.24) is 0 Å². The van der Waals surface area contributed by atoms with Crippen molar-refractivity contribution in [3.8, 4) is 0 Å². The number of aromatic nitrogens is 1. The van der Waals surface area contributed by atoms with Gasteiger partial charge in [0.15, 0.2) is 6.20 Å². The SMILES string of the molecule is CC(=O)CC(O)c1cccc[nH+]1. The molecule has 1 unspecified atom stereocenters. The molecule has 0 aromatic carbocycles. The molecule has 0 spiro atoms. The molecule has 1 heterocycles. The predicted molar refractivity (Wildman–Crippen MR) is 43.3 cm³/mol. The van der Waals surface area contributed by atoms with Crippen LogP contribution < -0.4 is 4.98 Å². The van der Waals surface area contributed by atoms with Crippen LogP contribution in [0.25, 0.3) is 0 Å². The minimum absolute atomic E-state index is 0.0141. The van der Waals surface area contributed by atoms with Crippen molar-refractivity contribution in [1.29, 1.82) is 0 Å². The smallest absolute Gasteiger partial charge is 0.208 e. The van der Waals surface area contributed by atoms with E-state index in [0.29, 0.717) is 5.69 Å². The summed E-state index contributed by atoms with van der Waals surface area (Å²) >= 11 is 0. The maximum absolute atomic E-state index is 10.7. The number of aliphatic hydroxyl groups excluding tert-OH is 1. The molecule has 0 amide bonds. The molecule has 0 radical (unpaired) electrons. The van der Waals surface area contributed by atoms with Gasteiger partial charge in [-0.3, -0.25) is 4.79 Å². The summed E-state index contributed by atoms with van der Waals surface area (Å²) in [5.74, 6) is -0.0141. The van der Waals surface area contributed by atoms with Crippen LogP contribution in [0.5, 0.6) is 0 Å². The number of aromatic amines is 1. The van der Waals surface area contributed by atoms with Crippen LogP contribution in [0.15, 0.2) is 24.4 Å². The van der Waals surface area contributed by atoms with Gasteiger partial charge in [0.1, 0.15) is 11.9 Å². The molecule has 0 aliphatic heterocycles. The zero-order chi connectivity index (χ0) is 8.97. The zero-order valence-electron chi connectivity index (χ0n) is 6.95. The van der Waals surface area contributed by atoms with E-state index in [0.717, 1.165) is 0 Å². The van der Waals surface area contributed by atoms with Crippen LogP contribution in [0.3, 0.4) is 0 Å². The largest absolute Gasteiger partial charge is 0.382 e. The second kappa shape index (κ2) is 3.97. The molecular weight excluding hydrogens is 154 g/mol. The number of H-pyrrole nitrogens is 1. The second-order valence-electron chi connectivity index (χ2n) is 2.74. The van der Waals surface area contributed by atoms with Crippen molar-refractivity contribution in [2.24, 2.45) is 0 Å². The van der Waals surface area contributed by atoms with E-state index in [1.807, 2.05) is 12.1 Å². The first-order chi connectivity index (χ1) is 5.70. The van der Waals surface area contributed by atoms with Gasteiger partial charge in [0.25, 0.3) is 0 Å². The first-order valence-corrected chi connectivity index (χ1v) is 3.84. The Morgan fingerprint density at radius 1 is 1.67 bits per heavy atom. The number of rotatable bonds is 3. The average Bonchev–Trinajstić information content (AvgIpc) is 2.05. The predicted octanol–water partition coefficient (Wildman–Crippen LogP) is 0.513. The number of Topliss-reactive ketones (excluding diaryl/α,β-unsaturated/α-hetero) is 1. The van der Waals surface area contributed by atoms with Crippen molar-refractivity contribution in [3.05, 3.63) is 30.1 Å². The van der Waals surface area contributed by atoms with Gasteiger partial charge in [-0.25, -0.2) is 4.98 Å². The fourth-order valence-corrected chi connectivity index (χ4v) is 0.997. The van der Waals surface area contributed by atoms with Crippen LogP contribution in [0.4, 0.5) is 0 Å². The van der Waals surface area contributed by atoms with Gasteiger partial charge < -0.3 is 5.11 Å². The molecule has 3 heteroatoms. The summed E-state index contributed by atoms with van der Waals surface area (Å²) < 4.78 is 0. The van der Waals surface area contributed by atoms with E-state index in [1.54, 1.807) is 12.3 Å². The topological polar surface area (TPSA) is 51.4 Å². The summed E-state index contributed by atoms with van der Waals surface area (Å²) in [4.78, 5) is 13.5. The fraction of sp³-hybridized carbons (Fsp3) is 0.333. The van der Waals surface area contributed by atoms with Gasteiger partial charge in [-0.1, -0.05) is 6.07 Å². The number of pyridine rings is 1. The van der Waals surface area contributed by atoms with Gasteiger partial charge >= 0.3 is 0 Å². The average molecular weight is 166 g/mol. The standard InChI is InChI=1S/C9H11NO2/c1-7(11)6-9(12)8-4-2-3-5-10-8/h2-5,9,12H,6H2,1H3/p+1. The zero-order valence-corrected chi connectivity index (χ0v) is 6.95. The summed E-state index contributed by atoms with van der Waals surface area (Å²) in [6, 6.07) is 5.40. The molecule has 1 aromatic rings. The second-order valence-corrected chi connectivity index (χ2v) is 2.74. The molecule has 2 N–H and O–H groups in total. The lowest BCUT2D eigenvalue weighted by atomic mass is 10.1. The molecule has 64 valence electrons. The minimum atomic E-state index is -0.705. The van der Waals surface area contributed by atoms with E-state index >= 15 is 0 Å². The van der Waals surface area contributed by atoms with Gasteiger partial charge in [0.05, 0.1) is 0 Å². The van der Waals surface area contributed by atoms with Gasteiger partial charge in [-0.05, 0) is 6.92 Å². The lowest BCUT2D eigenvalue weighted by molar-refractivity contribution is -0.399. The Morgan fingerprint density at radius 2 is 2.42 bits per heavy atom. The third-order valence-corrected chi connectivity index (χ3v) is 1.57. The van der Waals surface area contributed by atoms with Crippen molar-refractivity contribution in [2.75, 3.05) is 0 Å². The van der Waals surface area contributed by atoms with Gasteiger partial charge in [0.2, 0.25) is 5.69 Å². The third-order valence-electron chi connectivity index (χ3n) is 1.57. The van der Waals surface area contributed by atoms with Crippen molar-refractivity contribution in [2.45, 2.75) is 19.4 Å². The lowest BCUT2D eigenvalue weighted by Crippen LogP contribution is -2.15. The summed E-state index contributed by atoms with van der Waals surface area (Å²) in [5.41, 5.74) is 0.674. The number of nitrogens with one attached hydrogen (secondary N) is 1. The maximum Gasteiger partial charge on any atom is 0.208 e. The Morgan fingerprint density at radius 3 is 2.92 bits per heavy atom. The number of hydrogen-bond donors (Lipinski definition) is 1. The summed E-state index contributed by atoms with van der Waals surface area (Å²) in [6.45, 7) is 1.46. The molecule has 3 nitrogen and oxygen atoms in total. The highest BCUT2D eigenvalue weighted by atomic mass is 16.3. The summed E-state index contributed by atoms with van der Waals surface area (Å²) in [6.07, 6.45) is 1.18. The van der Waals surface area contributed by atoms with Crippen LogP contribution in [0.2, 0.25) is 0 Å². The number of carbonyl (C=O) groups is 1. The molecule has 0 fully saturated rings. The molecule has 0 aliphatic rings. The first kappa shape index (κ1) is 8.87. The van der Waals surface area contributed by atoms with Crippen LogP contribution in [0.1, 0.15) is 25.1 Å². The van der Waals surface area contributed by atoms with Crippen molar-refractivity contribution in [3.63, 3.8) is 0 Å². The quantitative estimate of drug-likeness (QED) is 0.711. The van der Waals surface area contributed by atoms with Gasteiger partial charge in [0, 0.05) is 18.6 Å². The summed E-state index contributed by atoms with van der Waals surface area (Å²) in [5, 5.41) is 9.44. The molecule has 12 heavy (non-hydrogen) atoms. The fourth-order valence-electron chi connectivity index (χ4n) is 0.997. The Bertz CT molecular complexity index is 258. The normalized spacial score (nSPS) is 12.5. The van der Waals surface area contributed by atoms with E-state index in [9.17, 15) is 9.90 Å². The molecule has 0 aliphatic carbocycles.